The fourth-order valence-corrected chi connectivity index (χ4v) is 4.69. The number of anilines is 3. The lowest BCUT2D eigenvalue weighted by Crippen LogP contribution is -2.28. The number of carbonyl (C=O) groups excluding carboxylic acids is 1. The van der Waals surface area contributed by atoms with Crippen LogP contribution in [-0.4, -0.2) is 47.0 Å². The van der Waals surface area contributed by atoms with Crippen LogP contribution in [0.4, 0.5) is 21.6 Å². The van der Waals surface area contributed by atoms with Crippen molar-refractivity contribution in [3.05, 3.63) is 59.7 Å². The summed E-state index contributed by atoms with van der Waals surface area (Å²) in [5.74, 6) is 0.0365. The maximum absolute atomic E-state index is 13.6. The fraction of sp³-hybridized carbons (Fsp3) is 0.308. The zero-order valence-electron chi connectivity index (χ0n) is 20.2. The lowest BCUT2D eigenvalue weighted by molar-refractivity contribution is -0.111. The number of rotatable bonds is 8. The summed E-state index contributed by atoms with van der Waals surface area (Å²) in [5.41, 5.74) is 2.12. The molecule has 11 heteroatoms. The molecule has 2 bridgehead atoms. The number of nitrogens with zero attached hydrogens (tertiary/aromatic N) is 3. The second-order valence-electron chi connectivity index (χ2n) is 8.85. The van der Waals surface area contributed by atoms with Gasteiger partial charge in [-0.15, -0.1) is 0 Å². The Balaban J connectivity index is 1.49. The molecule has 192 valence electrons. The van der Waals surface area contributed by atoms with E-state index in [1.54, 1.807) is 31.2 Å². The van der Waals surface area contributed by atoms with Gasteiger partial charge in [0.25, 0.3) is 0 Å². The number of allylic oxidation sites excluding steroid dienone is 1. The van der Waals surface area contributed by atoms with E-state index in [4.69, 9.17) is 25.9 Å². The third-order valence-electron chi connectivity index (χ3n) is 6.22. The molecule has 2 fully saturated rings. The number of hydrogen-bond donors (Lipinski definition) is 2. The number of hydrogen-bond acceptors (Lipinski definition) is 8. The first-order chi connectivity index (χ1) is 17.9. The monoisotopic (exact) mass is 525 g/mol. The first-order valence-electron chi connectivity index (χ1n) is 11.8. The smallest absolute Gasteiger partial charge is 0.248 e. The van der Waals surface area contributed by atoms with Crippen LogP contribution in [0.1, 0.15) is 26.2 Å². The Hall–Kier alpha value is -3.76. The SMILES string of the molecule is CO/N=C(C)\C=C\C(=O)Nc1cc2c(Nc3ccc(F)c(Cl)c3)ncnc2cc1OC1CC2CCC1O2. The molecule has 2 aliphatic rings. The van der Waals surface area contributed by atoms with Gasteiger partial charge in [0.1, 0.15) is 36.9 Å². The third kappa shape index (κ3) is 5.65. The van der Waals surface area contributed by atoms with Crippen molar-refractivity contribution in [1.29, 1.82) is 0 Å². The van der Waals surface area contributed by atoms with E-state index in [0.29, 0.717) is 39.6 Å². The van der Waals surface area contributed by atoms with Crippen LogP contribution in [0.5, 0.6) is 5.75 Å². The number of benzene rings is 2. The Morgan fingerprint density at radius 3 is 2.84 bits per heavy atom. The fourth-order valence-electron chi connectivity index (χ4n) is 4.51. The van der Waals surface area contributed by atoms with Gasteiger partial charge in [0.2, 0.25) is 5.91 Å². The average Bonchev–Trinajstić information content (AvgIpc) is 3.49. The molecule has 0 aliphatic carbocycles. The van der Waals surface area contributed by atoms with Gasteiger partial charge in [-0.05, 0) is 50.1 Å². The van der Waals surface area contributed by atoms with E-state index in [2.05, 4.69) is 25.8 Å². The van der Waals surface area contributed by atoms with Crippen molar-refractivity contribution >= 4 is 51.3 Å². The first-order valence-corrected chi connectivity index (χ1v) is 12.2. The summed E-state index contributed by atoms with van der Waals surface area (Å²) in [5, 5.41) is 10.4. The number of amides is 1. The van der Waals surface area contributed by atoms with Crippen molar-refractivity contribution < 1.29 is 23.5 Å². The van der Waals surface area contributed by atoms with Crippen LogP contribution in [-0.2, 0) is 14.4 Å². The Morgan fingerprint density at radius 1 is 1.24 bits per heavy atom. The summed E-state index contributed by atoms with van der Waals surface area (Å²) in [7, 11) is 1.43. The average molecular weight is 526 g/mol. The van der Waals surface area contributed by atoms with Crippen LogP contribution in [0.3, 0.4) is 0 Å². The highest BCUT2D eigenvalue weighted by atomic mass is 35.5. The quantitative estimate of drug-likeness (QED) is 0.231. The number of fused-ring (bicyclic) bond motifs is 3. The van der Waals surface area contributed by atoms with Crippen LogP contribution in [0.2, 0.25) is 5.02 Å². The predicted molar refractivity (Wildman–Crippen MR) is 139 cm³/mol. The van der Waals surface area contributed by atoms with Crippen molar-refractivity contribution in [2.24, 2.45) is 5.16 Å². The van der Waals surface area contributed by atoms with Crippen molar-refractivity contribution in [3.8, 4) is 5.75 Å². The topological polar surface area (TPSA) is 107 Å². The van der Waals surface area contributed by atoms with Crippen molar-refractivity contribution in [1.82, 2.24) is 9.97 Å². The van der Waals surface area contributed by atoms with E-state index >= 15 is 0 Å². The largest absolute Gasteiger partial charge is 0.485 e. The summed E-state index contributed by atoms with van der Waals surface area (Å²) >= 11 is 5.94. The Kier molecular flexibility index (Phi) is 7.20. The first kappa shape index (κ1) is 24.9. The minimum absolute atomic E-state index is 0.0147. The van der Waals surface area contributed by atoms with Gasteiger partial charge in [-0.2, -0.15) is 0 Å². The Labute approximate surface area is 217 Å². The molecule has 3 atom stereocenters. The van der Waals surface area contributed by atoms with E-state index in [9.17, 15) is 9.18 Å². The minimum atomic E-state index is -0.519. The minimum Gasteiger partial charge on any atom is -0.485 e. The van der Waals surface area contributed by atoms with Crippen molar-refractivity contribution in [2.75, 3.05) is 17.7 Å². The van der Waals surface area contributed by atoms with Crippen LogP contribution in [0.15, 0.2) is 54.0 Å². The van der Waals surface area contributed by atoms with E-state index in [0.717, 1.165) is 19.3 Å². The highest BCUT2D eigenvalue weighted by molar-refractivity contribution is 6.31. The van der Waals surface area contributed by atoms with Gasteiger partial charge >= 0.3 is 0 Å². The number of halogens is 2. The molecule has 3 heterocycles. The molecule has 2 aliphatic heterocycles. The van der Waals surface area contributed by atoms with Crippen molar-refractivity contribution in [3.63, 3.8) is 0 Å². The second-order valence-corrected chi connectivity index (χ2v) is 9.25. The molecule has 2 N–H and O–H groups in total. The van der Waals surface area contributed by atoms with Crippen LogP contribution in [0.25, 0.3) is 10.9 Å². The molecule has 37 heavy (non-hydrogen) atoms. The highest BCUT2D eigenvalue weighted by Crippen LogP contribution is 2.40. The lowest BCUT2D eigenvalue weighted by Gasteiger charge is -2.22. The Bertz CT molecular complexity index is 1400. The molecule has 2 aromatic carbocycles. The van der Waals surface area contributed by atoms with Crippen LogP contribution < -0.4 is 15.4 Å². The molecule has 0 spiro atoms. The van der Waals surface area contributed by atoms with Gasteiger partial charge in [0.05, 0.1) is 34.1 Å². The number of aromatic nitrogens is 2. The van der Waals surface area contributed by atoms with Gasteiger partial charge in [0.15, 0.2) is 0 Å². The summed E-state index contributed by atoms with van der Waals surface area (Å²) in [6.07, 6.45) is 7.22. The molecule has 1 amide bonds. The van der Waals surface area contributed by atoms with Gasteiger partial charge in [-0.1, -0.05) is 16.8 Å². The zero-order chi connectivity index (χ0) is 25.9. The molecule has 2 saturated heterocycles. The molecular formula is C26H25ClFN5O4. The zero-order valence-corrected chi connectivity index (χ0v) is 21.0. The molecule has 5 rings (SSSR count). The molecule has 3 unspecified atom stereocenters. The van der Waals surface area contributed by atoms with Crippen molar-refractivity contribution in [2.45, 2.75) is 44.5 Å². The normalized spacial score (nSPS) is 21.0. The maximum Gasteiger partial charge on any atom is 0.248 e. The number of carbonyl (C=O) groups is 1. The molecule has 9 nitrogen and oxygen atoms in total. The number of nitrogens with one attached hydrogen (secondary N) is 2. The van der Waals surface area contributed by atoms with E-state index in [1.807, 2.05) is 0 Å². The van der Waals surface area contributed by atoms with E-state index in [1.165, 1.54) is 31.6 Å². The van der Waals surface area contributed by atoms with Gasteiger partial charge in [-0.3, -0.25) is 4.79 Å². The van der Waals surface area contributed by atoms with Gasteiger partial charge in [0, 0.05) is 29.6 Å². The molecule has 0 radical (unpaired) electrons. The summed E-state index contributed by atoms with van der Waals surface area (Å²) in [4.78, 5) is 26.2. The predicted octanol–water partition coefficient (Wildman–Crippen LogP) is 5.38. The maximum atomic E-state index is 13.6. The second kappa shape index (κ2) is 10.7. The number of oxime groups is 1. The molecule has 1 aromatic heterocycles. The lowest BCUT2D eigenvalue weighted by atomic mass is 9.98. The number of ether oxygens (including phenoxy) is 2. The third-order valence-corrected chi connectivity index (χ3v) is 6.51. The molecule has 3 aromatic rings. The van der Waals surface area contributed by atoms with Gasteiger partial charge in [-0.25, -0.2) is 14.4 Å². The highest BCUT2D eigenvalue weighted by Gasteiger charge is 2.42. The van der Waals surface area contributed by atoms with Crippen LogP contribution in [0, 0.1) is 5.82 Å². The van der Waals surface area contributed by atoms with E-state index in [-0.39, 0.29) is 29.2 Å². The van der Waals surface area contributed by atoms with Crippen LogP contribution >= 0.6 is 11.6 Å². The summed E-state index contributed by atoms with van der Waals surface area (Å²) in [6, 6.07) is 7.80. The summed E-state index contributed by atoms with van der Waals surface area (Å²) < 4.78 is 25.9. The van der Waals surface area contributed by atoms with E-state index < -0.39 is 5.82 Å². The standard InChI is InChI=1S/C26H25ClFN5O4/c1-14(33-35-2)3-8-25(34)32-21-11-17-20(12-23(21)37-24-10-16-5-7-22(24)36-16)29-13-30-26(17)31-15-4-6-19(28)18(27)9-15/h3-4,6,8-9,11-13,16,22,24H,5,7,10H2,1-2H3,(H,32,34)(H,29,30,31)/b8-3+,33-14-. The Morgan fingerprint density at radius 2 is 2.11 bits per heavy atom. The molecular weight excluding hydrogens is 501 g/mol. The molecule has 0 saturated carbocycles. The van der Waals surface area contributed by atoms with Gasteiger partial charge < -0.3 is 24.9 Å². The summed E-state index contributed by atoms with van der Waals surface area (Å²) in [6.45, 7) is 1.71.